The zero-order chi connectivity index (χ0) is 11.8. The molecule has 6 heteroatoms. The van der Waals surface area contributed by atoms with Crippen molar-refractivity contribution in [2.45, 2.75) is 43.7 Å². The minimum Gasteiger partial charge on any atom is -0.373 e. The van der Waals surface area contributed by atoms with E-state index in [0.29, 0.717) is 0 Å². The van der Waals surface area contributed by atoms with E-state index in [1.54, 1.807) is 0 Å². The van der Waals surface area contributed by atoms with Crippen molar-refractivity contribution in [1.29, 1.82) is 5.26 Å². The van der Waals surface area contributed by atoms with Crippen LogP contribution in [0.5, 0.6) is 0 Å². The van der Waals surface area contributed by atoms with Crippen LogP contribution in [0.1, 0.15) is 19.3 Å². The molecule has 2 bridgehead atoms. The maximum atomic E-state index is 12.3. The lowest BCUT2D eigenvalue weighted by atomic mass is 9.95. The molecule has 90 valence electrons. The Bertz CT molecular complexity index is 299. The van der Waals surface area contributed by atoms with Crippen LogP contribution in [0.4, 0.5) is 13.2 Å². The number of nitrogens with zero attached hydrogens (tertiary/aromatic N) is 1. The highest BCUT2D eigenvalue weighted by atomic mass is 19.4. The van der Waals surface area contributed by atoms with Gasteiger partial charge in [0.25, 0.3) is 0 Å². The summed E-state index contributed by atoms with van der Waals surface area (Å²) in [7, 11) is 0. The molecule has 2 heterocycles. The van der Waals surface area contributed by atoms with Crippen molar-refractivity contribution in [2.75, 3.05) is 6.54 Å². The van der Waals surface area contributed by atoms with Gasteiger partial charge < -0.3 is 10.1 Å². The number of rotatable bonds is 3. The van der Waals surface area contributed by atoms with Gasteiger partial charge in [0.15, 0.2) is 5.92 Å². The fourth-order valence-electron chi connectivity index (χ4n) is 2.36. The van der Waals surface area contributed by atoms with Gasteiger partial charge >= 0.3 is 6.18 Å². The second-order valence-corrected chi connectivity index (χ2v) is 4.35. The molecule has 0 spiro atoms. The molecule has 16 heavy (non-hydrogen) atoms. The van der Waals surface area contributed by atoms with Crippen molar-refractivity contribution in [2.24, 2.45) is 5.92 Å². The quantitative estimate of drug-likeness (QED) is 0.806. The Hall–Kier alpha value is -0.800. The van der Waals surface area contributed by atoms with Crippen LogP contribution in [0.25, 0.3) is 0 Å². The van der Waals surface area contributed by atoms with E-state index < -0.39 is 12.1 Å². The number of ether oxygens (including phenoxy) is 1. The Labute approximate surface area is 91.6 Å². The van der Waals surface area contributed by atoms with Crippen molar-refractivity contribution in [3.05, 3.63) is 0 Å². The standard InChI is InChI=1S/C10H13F3N2O/c11-10(12,13)6(4-14)5-15-8-3-7-1-2-9(8)16-7/h6-9,15H,1-3,5H2. The van der Waals surface area contributed by atoms with E-state index in [-0.39, 0.29) is 24.8 Å². The van der Waals surface area contributed by atoms with Gasteiger partial charge in [-0.05, 0) is 19.3 Å². The Kier molecular flexibility index (Phi) is 3.08. The molecule has 0 aromatic heterocycles. The van der Waals surface area contributed by atoms with E-state index in [4.69, 9.17) is 10.00 Å². The van der Waals surface area contributed by atoms with Crippen LogP contribution in [0.2, 0.25) is 0 Å². The average Bonchev–Trinajstić information content (AvgIpc) is 2.77. The molecular formula is C10H13F3N2O. The van der Waals surface area contributed by atoms with Crippen molar-refractivity contribution in [3.63, 3.8) is 0 Å². The minimum absolute atomic E-state index is 0.0167. The molecule has 2 fully saturated rings. The number of nitrogens with one attached hydrogen (secondary N) is 1. The summed E-state index contributed by atoms with van der Waals surface area (Å²) in [5.74, 6) is -1.92. The highest BCUT2D eigenvalue weighted by molar-refractivity contribution is 4.96. The monoisotopic (exact) mass is 234 g/mol. The molecule has 0 aromatic carbocycles. The summed E-state index contributed by atoms with van der Waals surface area (Å²) in [6.45, 7) is -0.336. The lowest BCUT2D eigenvalue weighted by Crippen LogP contribution is -2.42. The molecule has 0 saturated carbocycles. The number of alkyl halides is 3. The van der Waals surface area contributed by atoms with Crippen LogP contribution in [0.15, 0.2) is 0 Å². The minimum atomic E-state index is -4.44. The van der Waals surface area contributed by atoms with Crippen molar-refractivity contribution < 1.29 is 17.9 Å². The van der Waals surface area contributed by atoms with E-state index in [1.807, 2.05) is 0 Å². The summed E-state index contributed by atoms with van der Waals surface area (Å²) in [5.41, 5.74) is 0. The first-order valence-corrected chi connectivity index (χ1v) is 5.36. The summed E-state index contributed by atoms with van der Waals surface area (Å²) in [6.07, 6.45) is -1.53. The topological polar surface area (TPSA) is 45.0 Å². The smallest absolute Gasteiger partial charge is 0.373 e. The highest BCUT2D eigenvalue weighted by Crippen LogP contribution is 2.34. The molecule has 0 aliphatic carbocycles. The number of nitriles is 1. The summed E-state index contributed by atoms with van der Waals surface area (Å²) < 4.78 is 42.4. The van der Waals surface area contributed by atoms with E-state index in [1.165, 1.54) is 6.07 Å². The molecule has 4 unspecified atom stereocenters. The Morgan fingerprint density at radius 2 is 2.19 bits per heavy atom. The van der Waals surface area contributed by atoms with Gasteiger partial charge in [-0.1, -0.05) is 0 Å². The van der Waals surface area contributed by atoms with Gasteiger partial charge in [0.05, 0.1) is 18.3 Å². The van der Waals surface area contributed by atoms with Gasteiger partial charge in [0.1, 0.15) is 0 Å². The highest BCUT2D eigenvalue weighted by Gasteiger charge is 2.43. The first kappa shape index (κ1) is 11.7. The molecule has 2 rings (SSSR count). The Morgan fingerprint density at radius 3 is 2.62 bits per heavy atom. The Morgan fingerprint density at radius 1 is 1.44 bits per heavy atom. The van der Waals surface area contributed by atoms with Crippen LogP contribution in [0, 0.1) is 17.2 Å². The molecule has 0 aromatic rings. The maximum absolute atomic E-state index is 12.3. The average molecular weight is 234 g/mol. The molecular weight excluding hydrogens is 221 g/mol. The predicted molar refractivity (Wildman–Crippen MR) is 49.5 cm³/mol. The van der Waals surface area contributed by atoms with E-state index in [2.05, 4.69) is 5.32 Å². The molecule has 4 atom stereocenters. The number of hydrogen-bond donors (Lipinski definition) is 1. The van der Waals surface area contributed by atoms with Gasteiger partial charge in [-0.15, -0.1) is 0 Å². The largest absolute Gasteiger partial charge is 0.405 e. The molecule has 3 nitrogen and oxygen atoms in total. The van der Waals surface area contributed by atoms with Crippen LogP contribution < -0.4 is 5.32 Å². The first-order valence-electron chi connectivity index (χ1n) is 5.36. The molecule has 2 saturated heterocycles. The second-order valence-electron chi connectivity index (χ2n) is 4.35. The van der Waals surface area contributed by atoms with Gasteiger partial charge in [-0.25, -0.2) is 0 Å². The van der Waals surface area contributed by atoms with E-state index in [9.17, 15) is 13.2 Å². The molecule has 0 radical (unpaired) electrons. The van der Waals surface area contributed by atoms with Crippen molar-refractivity contribution >= 4 is 0 Å². The fourth-order valence-corrected chi connectivity index (χ4v) is 2.36. The van der Waals surface area contributed by atoms with Gasteiger partial charge in [0, 0.05) is 12.6 Å². The van der Waals surface area contributed by atoms with Crippen molar-refractivity contribution in [3.8, 4) is 6.07 Å². The third kappa shape index (κ3) is 2.30. The van der Waals surface area contributed by atoms with Crippen molar-refractivity contribution in [1.82, 2.24) is 5.32 Å². The summed E-state index contributed by atoms with van der Waals surface area (Å²) in [5, 5.41) is 11.2. The summed E-state index contributed by atoms with van der Waals surface area (Å²) >= 11 is 0. The molecule has 2 aliphatic heterocycles. The molecule has 1 N–H and O–H groups in total. The lowest BCUT2D eigenvalue weighted by molar-refractivity contribution is -0.158. The molecule has 2 aliphatic rings. The van der Waals surface area contributed by atoms with E-state index in [0.717, 1.165) is 19.3 Å². The first-order chi connectivity index (χ1) is 7.50. The number of hydrogen-bond acceptors (Lipinski definition) is 3. The SMILES string of the molecule is N#CC(CNC1CC2CCC1O2)C(F)(F)F. The van der Waals surface area contributed by atoms with Gasteiger partial charge in [0.2, 0.25) is 0 Å². The second kappa shape index (κ2) is 4.22. The van der Waals surface area contributed by atoms with Crippen LogP contribution in [-0.4, -0.2) is 31.0 Å². The maximum Gasteiger partial charge on any atom is 0.405 e. The van der Waals surface area contributed by atoms with Gasteiger partial charge in [-0.2, -0.15) is 18.4 Å². The lowest BCUT2D eigenvalue weighted by Gasteiger charge is -2.22. The van der Waals surface area contributed by atoms with Crippen LogP contribution in [0.3, 0.4) is 0 Å². The van der Waals surface area contributed by atoms with Crippen LogP contribution in [-0.2, 0) is 4.74 Å². The predicted octanol–water partition coefficient (Wildman–Crippen LogP) is 1.60. The fraction of sp³-hybridized carbons (Fsp3) is 0.900. The van der Waals surface area contributed by atoms with E-state index >= 15 is 0 Å². The Balaban J connectivity index is 1.81. The normalized spacial score (nSPS) is 35.0. The third-order valence-electron chi connectivity index (χ3n) is 3.24. The van der Waals surface area contributed by atoms with Gasteiger partial charge in [-0.3, -0.25) is 0 Å². The molecule has 0 amide bonds. The number of fused-ring (bicyclic) bond motifs is 2. The van der Waals surface area contributed by atoms with Crippen LogP contribution >= 0.6 is 0 Å². The zero-order valence-corrected chi connectivity index (χ0v) is 8.63. The zero-order valence-electron chi connectivity index (χ0n) is 8.63. The summed E-state index contributed by atoms with van der Waals surface area (Å²) in [4.78, 5) is 0. The third-order valence-corrected chi connectivity index (χ3v) is 3.24. The summed E-state index contributed by atoms with van der Waals surface area (Å²) in [6, 6.07) is 1.26. The number of halogens is 3.